The molecule has 1 amide bonds. The Morgan fingerprint density at radius 1 is 1.33 bits per heavy atom. The summed E-state index contributed by atoms with van der Waals surface area (Å²) >= 11 is 0. The van der Waals surface area contributed by atoms with E-state index in [1.807, 2.05) is 24.3 Å². The molecule has 0 aromatic heterocycles. The summed E-state index contributed by atoms with van der Waals surface area (Å²) in [4.78, 5) is 17.6. The molecule has 21 heavy (non-hydrogen) atoms. The molecular formula is C17H25N3O. The van der Waals surface area contributed by atoms with Gasteiger partial charge in [-0.05, 0) is 45.4 Å². The topological polar surface area (TPSA) is 35.6 Å². The molecule has 0 radical (unpaired) electrons. The van der Waals surface area contributed by atoms with Gasteiger partial charge in [-0.1, -0.05) is 12.1 Å². The smallest absolute Gasteiger partial charge is 0.256 e. The van der Waals surface area contributed by atoms with Crippen LogP contribution in [0.4, 0.5) is 5.69 Å². The zero-order valence-electron chi connectivity index (χ0n) is 13.0. The summed E-state index contributed by atoms with van der Waals surface area (Å²) < 4.78 is 0. The van der Waals surface area contributed by atoms with Gasteiger partial charge in [-0.3, -0.25) is 9.69 Å². The molecule has 2 fully saturated rings. The number of anilines is 1. The molecule has 3 rings (SSSR count). The normalized spacial score (nSPS) is 25.7. The molecule has 2 aliphatic heterocycles. The van der Waals surface area contributed by atoms with Crippen LogP contribution in [0, 0.1) is 0 Å². The van der Waals surface area contributed by atoms with Gasteiger partial charge in [-0.2, -0.15) is 0 Å². The highest BCUT2D eigenvalue weighted by molar-refractivity contribution is 5.99. The third-order valence-corrected chi connectivity index (χ3v) is 4.72. The highest BCUT2D eigenvalue weighted by atomic mass is 16.2. The van der Waals surface area contributed by atoms with E-state index < -0.39 is 0 Å². The summed E-state index contributed by atoms with van der Waals surface area (Å²) in [6, 6.07) is 8.72. The van der Waals surface area contributed by atoms with Gasteiger partial charge in [-0.25, -0.2) is 0 Å². The number of amides is 1. The standard InChI is InChI=1S/C17H25N3O/c1-3-18-16-9-5-4-8-15(16)17(21)20-12-14-7-6-10-19(14)11-13(20)2/h4-5,8-9,13-14,18H,3,6-7,10-12H2,1-2H3. The van der Waals surface area contributed by atoms with Gasteiger partial charge in [0.15, 0.2) is 0 Å². The van der Waals surface area contributed by atoms with E-state index in [1.165, 1.54) is 19.4 Å². The van der Waals surface area contributed by atoms with Gasteiger partial charge in [0.25, 0.3) is 5.91 Å². The molecule has 1 aromatic carbocycles. The van der Waals surface area contributed by atoms with E-state index in [1.54, 1.807) is 0 Å². The first-order chi connectivity index (χ1) is 10.2. The van der Waals surface area contributed by atoms with Gasteiger partial charge < -0.3 is 10.2 Å². The minimum atomic E-state index is 0.172. The number of benzene rings is 1. The fourth-order valence-corrected chi connectivity index (χ4v) is 3.64. The zero-order valence-corrected chi connectivity index (χ0v) is 13.0. The molecule has 2 saturated heterocycles. The second-order valence-corrected chi connectivity index (χ2v) is 6.17. The van der Waals surface area contributed by atoms with Crippen LogP contribution in [0.1, 0.15) is 37.0 Å². The molecule has 0 saturated carbocycles. The Balaban J connectivity index is 1.81. The van der Waals surface area contributed by atoms with E-state index in [-0.39, 0.29) is 5.91 Å². The molecule has 114 valence electrons. The Morgan fingerprint density at radius 2 is 2.14 bits per heavy atom. The third-order valence-electron chi connectivity index (χ3n) is 4.72. The van der Waals surface area contributed by atoms with Crippen molar-refractivity contribution in [3.63, 3.8) is 0 Å². The number of carbonyl (C=O) groups is 1. The number of nitrogens with one attached hydrogen (secondary N) is 1. The SMILES string of the molecule is CCNc1ccccc1C(=O)N1CC2CCCN2CC1C. The molecular weight excluding hydrogens is 262 g/mol. The second-order valence-electron chi connectivity index (χ2n) is 6.17. The first-order valence-electron chi connectivity index (χ1n) is 8.08. The second kappa shape index (κ2) is 6.06. The molecule has 4 nitrogen and oxygen atoms in total. The summed E-state index contributed by atoms with van der Waals surface area (Å²) in [6.07, 6.45) is 2.50. The summed E-state index contributed by atoms with van der Waals surface area (Å²) in [5, 5.41) is 3.30. The predicted molar refractivity (Wildman–Crippen MR) is 85.7 cm³/mol. The van der Waals surface area contributed by atoms with Crippen LogP contribution in [-0.2, 0) is 0 Å². The van der Waals surface area contributed by atoms with E-state index in [9.17, 15) is 4.79 Å². The van der Waals surface area contributed by atoms with Crippen LogP contribution in [0.5, 0.6) is 0 Å². The summed E-state index contributed by atoms with van der Waals surface area (Å²) in [5.74, 6) is 0.172. The van der Waals surface area contributed by atoms with Gasteiger partial charge in [0, 0.05) is 37.4 Å². The quantitative estimate of drug-likeness (QED) is 0.927. The van der Waals surface area contributed by atoms with Crippen LogP contribution in [0.15, 0.2) is 24.3 Å². The fourth-order valence-electron chi connectivity index (χ4n) is 3.64. The summed E-state index contributed by atoms with van der Waals surface area (Å²) in [6.45, 7) is 8.14. The van der Waals surface area contributed by atoms with Gasteiger partial charge in [-0.15, -0.1) is 0 Å². The van der Waals surface area contributed by atoms with Crippen LogP contribution < -0.4 is 5.32 Å². The molecule has 4 heteroatoms. The molecule has 0 spiro atoms. The Bertz CT molecular complexity index is 517. The van der Waals surface area contributed by atoms with Crippen LogP contribution >= 0.6 is 0 Å². The summed E-state index contributed by atoms with van der Waals surface area (Å²) in [7, 11) is 0. The predicted octanol–water partition coefficient (Wildman–Crippen LogP) is 2.43. The number of nitrogens with zero attached hydrogens (tertiary/aromatic N) is 2. The first kappa shape index (κ1) is 14.4. The third kappa shape index (κ3) is 2.77. The molecule has 1 aromatic rings. The fraction of sp³-hybridized carbons (Fsp3) is 0.588. The number of fused-ring (bicyclic) bond motifs is 1. The Hall–Kier alpha value is -1.55. The Labute approximate surface area is 127 Å². The molecule has 0 aliphatic carbocycles. The van der Waals surface area contributed by atoms with Crippen LogP contribution in [-0.4, -0.2) is 54.0 Å². The van der Waals surface area contributed by atoms with Crippen molar-refractivity contribution in [2.24, 2.45) is 0 Å². The lowest BCUT2D eigenvalue weighted by Crippen LogP contribution is -2.56. The molecule has 2 unspecified atom stereocenters. The van der Waals surface area contributed by atoms with Crippen LogP contribution in [0.25, 0.3) is 0 Å². The molecule has 1 N–H and O–H groups in total. The van der Waals surface area contributed by atoms with Gasteiger partial charge in [0.2, 0.25) is 0 Å². The number of piperazine rings is 1. The summed E-state index contributed by atoms with van der Waals surface area (Å²) in [5.41, 5.74) is 1.75. The van der Waals surface area contributed by atoms with Crippen molar-refractivity contribution in [1.82, 2.24) is 9.80 Å². The van der Waals surface area contributed by atoms with Crippen molar-refractivity contribution in [2.45, 2.75) is 38.8 Å². The van der Waals surface area contributed by atoms with Gasteiger partial charge in [0.1, 0.15) is 0 Å². The minimum Gasteiger partial charge on any atom is -0.385 e. The maximum Gasteiger partial charge on any atom is 0.256 e. The van der Waals surface area contributed by atoms with E-state index in [2.05, 4.69) is 29.0 Å². The largest absolute Gasteiger partial charge is 0.385 e. The highest BCUT2D eigenvalue weighted by Crippen LogP contribution is 2.27. The van der Waals surface area contributed by atoms with E-state index >= 15 is 0 Å². The van der Waals surface area contributed by atoms with Crippen molar-refractivity contribution in [1.29, 1.82) is 0 Å². The van der Waals surface area contributed by atoms with E-state index in [0.717, 1.165) is 30.9 Å². The van der Waals surface area contributed by atoms with Crippen molar-refractivity contribution in [2.75, 3.05) is 31.5 Å². The molecule has 0 bridgehead atoms. The van der Waals surface area contributed by atoms with Crippen molar-refractivity contribution in [3.8, 4) is 0 Å². The average molecular weight is 287 g/mol. The molecule has 2 heterocycles. The van der Waals surface area contributed by atoms with Crippen LogP contribution in [0.2, 0.25) is 0 Å². The van der Waals surface area contributed by atoms with Crippen molar-refractivity contribution < 1.29 is 4.79 Å². The maximum atomic E-state index is 13.0. The monoisotopic (exact) mass is 287 g/mol. The molecule has 2 atom stereocenters. The number of rotatable bonds is 3. The minimum absolute atomic E-state index is 0.172. The van der Waals surface area contributed by atoms with Gasteiger partial charge in [0.05, 0.1) is 5.56 Å². The number of hydrogen-bond acceptors (Lipinski definition) is 3. The van der Waals surface area contributed by atoms with Gasteiger partial charge >= 0.3 is 0 Å². The van der Waals surface area contributed by atoms with Crippen molar-refractivity contribution >= 4 is 11.6 Å². The number of carbonyl (C=O) groups excluding carboxylic acids is 1. The number of para-hydroxylation sites is 1. The van der Waals surface area contributed by atoms with E-state index in [0.29, 0.717) is 12.1 Å². The zero-order chi connectivity index (χ0) is 14.8. The Morgan fingerprint density at radius 3 is 2.95 bits per heavy atom. The Kier molecular flexibility index (Phi) is 4.15. The maximum absolute atomic E-state index is 13.0. The number of hydrogen-bond donors (Lipinski definition) is 1. The lowest BCUT2D eigenvalue weighted by molar-refractivity contribution is 0.0396. The highest BCUT2D eigenvalue weighted by Gasteiger charge is 2.37. The average Bonchev–Trinajstić information content (AvgIpc) is 2.94. The lowest BCUT2D eigenvalue weighted by atomic mass is 10.0. The van der Waals surface area contributed by atoms with E-state index in [4.69, 9.17) is 0 Å². The molecule has 2 aliphatic rings. The van der Waals surface area contributed by atoms with Crippen molar-refractivity contribution in [3.05, 3.63) is 29.8 Å². The first-order valence-corrected chi connectivity index (χ1v) is 8.08. The van der Waals surface area contributed by atoms with Crippen LogP contribution in [0.3, 0.4) is 0 Å². The lowest BCUT2D eigenvalue weighted by Gasteiger charge is -2.42.